The van der Waals surface area contributed by atoms with E-state index in [1.54, 1.807) is 16.2 Å². The maximum absolute atomic E-state index is 12.3. The Bertz CT molecular complexity index is 959. The first-order valence-electron chi connectivity index (χ1n) is 10.0. The van der Waals surface area contributed by atoms with Crippen LogP contribution in [0.25, 0.3) is 10.6 Å². The number of carbonyl (C=O) groups excluding carboxylic acids is 1. The second kappa shape index (κ2) is 9.73. The van der Waals surface area contributed by atoms with Gasteiger partial charge in [-0.2, -0.15) is 0 Å². The molecule has 156 valence electrons. The summed E-state index contributed by atoms with van der Waals surface area (Å²) >= 11 is 1.60. The molecule has 30 heavy (non-hydrogen) atoms. The van der Waals surface area contributed by atoms with E-state index in [1.165, 1.54) is 0 Å². The molecule has 2 heterocycles. The first kappa shape index (κ1) is 20.4. The second-order valence-corrected chi connectivity index (χ2v) is 8.43. The zero-order valence-electron chi connectivity index (χ0n) is 16.7. The zero-order chi connectivity index (χ0) is 20.8. The number of hydrogen-bond donors (Lipinski definition) is 1. The highest BCUT2D eigenvalue weighted by Gasteiger charge is 2.27. The van der Waals surface area contributed by atoms with Crippen LogP contribution in [0.15, 0.2) is 60.8 Å². The largest absolute Gasteiger partial charge is 0.493 e. The number of aromatic nitrogens is 1. The highest BCUT2D eigenvalue weighted by atomic mass is 32.1. The lowest BCUT2D eigenvalue weighted by Crippen LogP contribution is -2.30. The minimum atomic E-state index is -0.258. The van der Waals surface area contributed by atoms with Gasteiger partial charge < -0.3 is 20.1 Å². The van der Waals surface area contributed by atoms with Crippen LogP contribution in [0.1, 0.15) is 16.9 Å². The summed E-state index contributed by atoms with van der Waals surface area (Å²) in [5.41, 5.74) is 7.70. The van der Waals surface area contributed by atoms with Crippen molar-refractivity contribution < 1.29 is 14.3 Å². The third kappa shape index (κ3) is 5.17. The first-order chi connectivity index (χ1) is 14.7. The Morgan fingerprint density at radius 2 is 1.97 bits per heavy atom. The van der Waals surface area contributed by atoms with E-state index in [4.69, 9.17) is 15.2 Å². The monoisotopic (exact) mass is 423 g/mol. The fourth-order valence-electron chi connectivity index (χ4n) is 3.39. The molecule has 0 saturated carbocycles. The predicted octanol–water partition coefficient (Wildman–Crippen LogP) is 4.31. The average molecular weight is 424 g/mol. The maximum atomic E-state index is 12.3. The standard InChI is InChI=1S/C23H25N3O3S/c24-12-21-13-25-22(30-21)19-6-8-20(9-7-19)28-16-18-10-11-26(14-18)23(27)29-15-17-4-2-1-3-5-17/h1-9,13,18H,10-12,14-16,24H2/t18-/m1/s1. The molecule has 7 heteroatoms. The molecule has 1 aliphatic rings. The van der Waals surface area contributed by atoms with Crippen LogP contribution in [0.5, 0.6) is 5.75 Å². The van der Waals surface area contributed by atoms with Gasteiger partial charge in [0.05, 0.1) is 6.61 Å². The number of likely N-dealkylation sites (tertiary alicyclic amines) is 1. The summed E-state index contributed by atoms with van der Waals surface area (Å²) in [6.07, 6.45) is 2.48. The van der Waals surface area contributed by atoms with Crippen LogP contribution in [-0.4, -0.2) is 35.7 Å². The molecule has 2 N–H and O–H groups in total. The Kier molecular flexibility index (Phi) is 6.61. The molecule has 4 rings (SSSR count). The maximum Gasteiger partial charge on any atom is 0.410 e. The SMILES string of the molecule is NCc1cnc(-c2ccc(OC[C@@H]3CCN(C(=O)OCc4ccccc4)C3)cc2)s1. The van der Waals surface area contributed by atoms with Gasteiger partial charge in [0.2, 0.25) is 0 Å². The van der Waals surface area contributed by atoms with E-state index >= 15 is 0 Å². The number of nitrogens with two attached hydrogens (primary N) is 1. The molecule has 1 saturated heterocycles. The van der Waals surface area contributed by atoms with Crippen LogP contribution in [0.2, 0.25) is 0 Å². The molecule has 0 aliphatic carbocycles. The summed E-state index contributed by atoms with van der Waals surface area (Å²) in [6, 6.07) is 17.7. The number of hydrogen-bond acceptors (Lipinski definition) is 6. The van der Waals surface area contributed by atoms with Gasteiger partial charge in [0.1, 0.15) is 17.4 Å². The van der Waals surface area contributed by atoms with Crippen molar-refractivity contribution in [2.75, 3.05) is 19.7 Å². The molecule has 1 fully saturated rings. The van der Waals surface area contributed by atoms with E-state index in [1.807, 2.05) is 60.8 Å². The smallest absolute Gasteiger partial charge is 0.410 e. The number of nitrogens with zero attached hydrogens (tertiary/aromatic N) is 2. The molecule has 6 nitrogen and oxygen atoms in total. The van der Waals surface area contributed by atoms with Gasteiger partial charge in [0, 0.05) is 42.2 Å². The van der Waals surface area contributed by atoms with Crippen LogP contribution in [0.4, 0.5) is 4.79 Å². The Morgan fingerprint density at radius 3 is 2.70 bits per heavy atom. The van der Waals surface area contributed by atoms with Gasteiger partial charge in [-0.15, -0.1) is 11.3 Å². The Hall–Kier alpha value is -2.90. The Morgan fingerprint density at radius 1 is 1.17 bits per heavy atom. The van der Waals surface area contributed by atoms with Gasteiger partial charge >= 0.3 is 6.09 Å². The van der Waals surface area contributed by atoms with Gasteiger partial charge in [-0.25, -0.2) is 9.78 Å². The fourth-order valence-corrected chi connectivity index (χ4v) is 4.18. The van der Waals surface area contributed by atoms with Crippen LogP contribution in [0.3, 0.4) is 0 Å². The summed E-state index contributed by atoms with van der Waals surface area (Å²) in [6.45, 7) is 2.75. The molecule has 0 bridgehead atoms. The summed E-state index contributed by atoms with van der Waals surface area (Å²) in [5.74, 6) is 1.12. The van der Waals surface area contributed by atoms with Crippen molar-refractivity contribution in [3.05, 3.63) is 71.2 Å². The van der Waals surface area contributed by atoms with Gasteiger partial charge in [-0.3, -0.25) is 0 Å². The summed E-state index contributed by atoms with van der Waals surface area (Å²) in [5, 5.41) is 0.961. The van der Waals surface area contributed by atoms with E-state index < -0.39 is 0 Å². The van der Waals surface area contributed by atoms with E-state index in [9.17, 15) is 4.79 Å². The molecule has 1 aromatic heterocycles. The highest BCUT2D eigenvalue weighted by molar-refractivity contribution is 7.15. The molecular weight excluding hydrogens is 398 g/mol. The van der Waals surface area contributed by atoms with E-state index in [2.05, 4.69) is 4.98 Å². The minimum absolute atomic E-state index is 0.258. The van der Waals surface area contributed by atoms with Gasteiger partial charge in [-0.1, -0.05) is 30.3 Å². The topological polar surface area (TPSA) is 77.7 Å². The molecular formula is C23H25N3O3S. The summed E-state index contributed by atoms with van der Waals surface area (Å²) in [7, 11) is 0. The van der Waals surface area contributed by atoms with E-state index in [-0.39, 0.29) is 6.09 Å². The zero-order valence-corrected chi connectivity index (χ0v) is 17.5. The molecule has 1 amide bonds. The van der Waals surface area contributed by atoms with Crippen LogP contribution >= 0.6 is 11.3 Å². The van der Waals surface area contributed by atoms with E-state index in [0.717, 1.165) is 33.2 Å². The number of rotatable bonds is 7. The molecule has 1 aliphatic heterocycles. The number of amides is 1. The Labute approximate surface area is 180 Å². The van der Waals surface area contributed by atoms with Crippen molar-refractivity contribution in [3.8, 4) is 16.3 Å². The summed E-state index contributed by atoms with van der Waals surface area (Å²) in [4.78, 5) is 19.5. The molecule has 0 unspecified atom stereocenters. The molecule has 1 atom stereocenters. The normalized spacial score (nSPS) is 15.9. The lowest BCUT2D eigenvalue weighted by molar-refractivity contribution is 0.102. The predicted molar refractivity (Wildman–Crippen MR) is 117 cm³/mol. The van der Waals surface area contributed by atoms with Crippen molar-refractivity contribution in [2.24, 2.45) is 11.7 Å². The molecule has 0 spiro atoms. The van der Waals surface area contributed by atoms with Crippen LogP contribution in [-0.2, 0) is 17.9 Å². The summed E-state index contributed by atoms with van der Waals surface area (Å²) < 4.78 is 11.4. The molecule has 0 radical (unpaired) electrons. The molecule has 2 aromatic carbocycles. The van der Waals surface area contributed by atoms with Crippen LogP contribution in [0, 0.1) is 5.92 Å². The number of thiazole rings is 1. The fraction of sp³-hybridized carbons (Fsp3) is 0.304. The van der Waals surface area contributed by atoms with Crippen molar-refractivity contribution in [1.82, 2.24) is 9.88 Å². The van der Waals surface area contributed by atoms with Gasteiger partial charge in [0.25, 0.3) is 0 Å². The van der Waals surface area contributed by atoms with Crippen molar-refractivity contribution in [1.29, 1.82) is 0 Å². The third-order valence-electron chi connectivity index (χ3n) is 5.09. The van der Waals surface area contributed by atoms with Crippen molar-refractivity contribution in [2.45, 2.75) is 19.6 Å². The quantitative estimate of drug-likeness (QED) is 0.613. The number of benzene rings is 2. The minimum Gasteiger partial charge on any atom is -0.493 e. The van der Waals surface area contributed by atoms with Crippen LogP contribution < -0.4 is 10.5 Å². The highest BCUT2D eigenvalue weighted by Crippen LogP contribution is 2.27. The van der Waals surface area contributed by atoms with Gasteiger partial charge in [0.15, 0.2) is 0 Å². The first-order valence-corrected chi connectivity index (χ1v) is 10.9. The number of carbonyl (C=O) groups is 1. The van der Waals surface area contributed by atoms with Crippen molar-refractivity contribution in [3.63, 3.8) is 0 Å². The third-order valence-corrected chi connectivity index (χ3v) is 6.16. The second-order valence-electron chi connectivity index (χ2n) is 7.31. The van der Waals surface area contributed by atoms with E-state index in [0.29, 0.717) is 38.8 Å². The number of ether oxygens (including phenoxy) is 2. The van der Waals surface area contributed by atoms with Crippen molar-refractivity contribution >= 4 is 17.4 Å². The average Bonchev–Trinajstić information content (AvgIpc) is 3.47. The lowest BCUT2D eigenvalue weighted by atomic mass is 10.1. The lowest BCUT2D eigenvalue weighted by Gasteiger charge is -2.17. The molecule has 3 aromatic rings. The van der Waals surface area contributed by atoms with Gasteiger partial charge in [-0.05, 0) is 36.2 Å². The Balaban J connectivity index is 1.22.